The molecule has 4 heterocycles. The number of hydrogen-bond acceptors (Lipinski definition) is 5. The molecule has 7 heteroatoms. The summed E-state index contributed by atoms with van der Waals surface area (Å²) >= 11 is 0. The predicted molar refractivity (Wildman–Crippen MR) is 158 cm³/mol. The number of ether oxygens (including phenoxy) is 2. The third-order valence-corrected chi connectivity index (χ3v) is 8.45. The number of amides is 2. The second kappa shape index (κ2) is 9.84. The van der Waals surface area contributed by atoms with E-state index in [1.807, 2.05) is 30.3 Å². The van der Waals surface area contributed by atoms with Crippen LogP contribution in [0.15, 0.2) is 78.1 Å². The molecule has 1 N–H and O–H groups in total. The monoisotopic (exact) mass is 547 g/mol. The Balaban J connectivity index is 1.21. The Morgan fingerprint density at radius 3 is 2.73 bits per heavy atom. The van der Waals surface area contributed by atoms with Gasteiger partial charge in [0.05, 0.1) is 30.8 Å². The number of rotatable bonds is 6. The van der Waals surface area contributed by atoms with Gasteiger partial charge in [-0.25, -0.2) is 0 Å². The van der Waals surface area contributed by atoms with Crippen LogP contribution in [0.2, 0.25) is 0 Å². The predicted octanol–water partition coefficient (Wildman–Crippen LogP) is 5.98. The third kappa shape index (κ3) is 4.27. The van der Waals surface area contributed by atoms with Crippen LogP contribution >= 0.6 is 0 Å². The van der Waals surface area contributed by atoms with Crippen molar-refractivity contribution < 1.29 is 19.1 Å². The molecule has 7 nitrogen and oxygen atoms in total. The van der Waals surface area contributed by atoms with Crippen molar-refractivity contribution in [3.63, 3.8) is 0 Å². The first-order chi connectivity index (χ1) is 19.9. The van der Waals surface area contributed by atoms with E-state index in [0.717, 1.165) is 64.4 Å². The van der Waals surface area contributed by atoms with Crippen LogP contribution in [0.25, 0.3) is 10.9 Å². The van der Waals surface area contributed by atoms with E-state index in [1.54, 1.807) is 0 Å². The summed E-state index contributed by atoms with van der Waals surface area (Å²) in [7, 11) is 0. The van der Waals surface area contributed by atoms with Crippen molar-refractivity contribution in [1.29, 1.82) is 0 Å². The zero-order valence-corrected chi connectivity index (χ0v) is 23.6. The van der Waals surface area contributed by atoms with Gasteiger partial charge in [0.2, 0.25) is 5.91 Å². The lowest BCUT2D eigenvalue weighted by atomic mass is 9.84. The highest BCUT2D eigenvalue weighted by Crippen LogP contribution is 2.47. The van der Waals surface area contributed by atoms with Crippen molar-refractivity contribution >= 4 is 28.4 Å². The van der Waals surface area contributed by atoms with Gasteiger partial charge in [0.1, 0.15) is 11.5 Å². The van der Waals surface area contributed by atoms with Gasteiger partial charge in [0.15, 0.2) is 0 Å². The molecular formula is C34H33N3O4. The molecule has 208 valence electrons. The molecule has 7 rings (SSSR count). The van der Waals surface area contributed by atoms with Gasteiger partial charge in [0.25, 0.3) is 5.91 Å². The maximum Gasteiger partial charge on any atom is 0.259 e. The highest BCUT2D eigenvalue weighted by Gasteiger charge is 2.41. The Kier molecular flexibility index (Phi) is 6.11. The van der Waals surface area contributed by atoms with E-state index in [-0.39, 0.29) is 30.3 Å². The number of aromatic nitrogens is 1. The first kappa shape index (κ1) is 25.4. The number of hydrogen-bond donors (Lipinski definition) is 1. The van der Waals surface area contributed by atoms with E-state index in [0.29, 0.717) is 12.2 Å². The average molecular weight is 548 g/mol. The summed E-state index contributed by atoms with van der Waals surface area (Å²) in [6, 6.07) is 20.9. The molecule has 0 spiro atoms. The molecule has 0 radical (unpaired) electrons. The highest BCUT2D eigenvalue weighted by atomic mass is 16.5. The minimum Gasteiger partial charge on any atom is -0.493 e. The minimum absolute atomic E-state index is 0.233. The van der Waals surface area contributed by atoms with Gasteiger partial charge in [-0.3, -0.25) is 14.5 Å². The number of nitrogens with one attached hydrogen (secondary N) is 1. The smallest absolute Gasteiger partial charge is 0.259 e. The Hall–Kier alpha value is -4.52. The molecule has 4 aromatic rings. The van der Waals surface area contributed by atoms with Crippen LogP contribution in [0.5, 0.6) is 11.5 Å². The molecule has 1 aromatic heterocycles. The SMILES string of the molecule is CC(=O)N1CC2=C(C1=O)C(c1ccc(OCCc3ccc4c(c3)CCO4)cc1)c1cn(C(C)C)c3cccc(c13)N2. The van der Waals surface area contributed by atoms with Gasteiger partial charge >= 0.3 is 0 Å². The summed E-state index contributed by atoms with van der Waals surface area (Å²) in [5, 5.41) is 4.66. The van der Waals surface area contributed by atoms with Gasteiger partial charge in [-0.2, -0.15) is 0 Å². The molecule has 3 aromatic carbocycles. The molecule has 41 heavy (non-hydrogen) atoms. The fourth-order valence-electron chi connectivity index (χ4n) is 6.44. The minimum atomic E-state index is -0.316. The Morgan fingerprint density at radius 1 is 1.12 bits per heavy atom. The zero-order chi connectivity index (χ0) is 28.2. The number of benzene rings is 3. The lowest BCUT2D eigenvalue weighted by Gasteiger charge is -2.20. The molecule has 0 fully saturated rings. The molecule has 0 bridgehead atoms. The zero-order valence-electron chi connectivity index (χ0n) is 23.6. The number of carbonyl (C=O) groups excluding carboxylic acids is 2. The van der Waals surface area contributed by atoms with Gasteiger partial charge in [-0.1, -0.05) is 30.3 Å². The van der Waals surface area contributed by atoms with Crippen LogP contribution in [-0.2, 0) is 22.4 Å². The topological polar surface area (TPSA) is 72.8 Å². The van der Waals surface area contributed by atoms with E-state index in [9.17, 15) is 9.59 Å². The average Bonchev–Trinajstić information content (AvgIpc) is 3.64. The van der Waals surface area contributed by atoms with Crippen LogP contribution in [0.4, 0.5) is 5.69 Å². The summed E-state index contributed by atoms with van der Waals surface area (Å²) in [5.41, 5.74) is 8.07. The Morgan fingerprint density at radius 2 is 1.95 bits per heavy atom. The summed E-state index contributed by atoms with van der Waals surface area (Å²) in [6.07, 6.45) is 3.95. The maximum atomic E-state index is 13.7. The molecule has 1 unspecified atom stereocenters. The molecule has 2 amide bonds. The quantitative estimate of drug-likeness (QED) is 0.322. The summed E-state index contributed by atoms with van der Waals surface area (Å²) < 4.78 is 14.0. The van der Waals surface area contributed by atoms with E-state index in [2.05, 4.69) is 60.3 Å². The second-order valence-corrected chi connectivity index (χ2v) is 11.4. The summed E-state index contributed by atoms with van der Waals surface area (Å²) in [4.78, 5) is 27.4. The second-order valence-electron chi connectivity index (χ2n) is 11.4. The third-order valence-electron chi connectivity index (χ3n) is 8.45. The molecule has 1 atom stereocenters. The number of nitrogens with zero attached hydrogens (tertiary/aromatic N) is 2. The number of imide groups is 1. The normalized spacial score (nSPS) is 17.4. The number of anilines is 1. The van der Waals surface area contributed by atoms with Gasteiger partial charge < -0.3 is 19.4 Å². The van der Waals surface area contributed by atoms with Gasteiger partial charge in [-0.15, -0.1) is 0 Å². The van der Waals surface area contributed by atoms with Crippen molar-refractivity contribution in [3.8, 4) is 11.5 Å². The van der Waals surface area contributed by atoms with Gasteiger partial charge in [0, 0.05) is 54.7 Å². The van der Waals surface area contributed by atoms with E-state index >= 15 is 0 Å². The van der Waals surface area contributed by atoms with E-state index in [4.69, 9.17) is 9.47 Å². The summed E-state index contributed by atoms with van der Waals surface area (Å²) in [5.74, 6) is 0.980. The molecular weight excluding hydrogens is 514 g/mol. The van der Waals surface area contributed by atoms with E-state index in [1.165, 1.54) is 23.0 Å². The van der Waals surface area contributed by atoms with Crippen molar-refractivity contribution in [2.45, 2.75) is 45.6 Å². The molecule has 0 saturated carbocycles. The Bertz CT molecular complexity index is 1730. The molecule has 0 saturated heterocycles. The van der Waals surface area contributed by atoms with Crippen molar-refractivity contribution in [3.05, 3.63) is 100 Å². The fraction of sp³-hybridized carbons (Fsp3) is 0.294. The Labute approximate surface area is 239 Å². The van der Waals surface area contributed by atoms with Crippen molar-refractivity contribution in [2.75, 3.05) is 25.1 Å². The van der Waals surface area contributed by atoms with Crippen LogP contribution in [-0.4, -0.2) is 41.0 Å². The molecule has 3 aliphatic heterocycles. The number of carbonyl (C=O) groups is 2. The maximum absolute atomic E-state index is 13.7. The standard InChI is InChI=1S/C34H33N3O4/c1-20(2)36-18-26-31(33-28(19-37(21(3)38)34(33)39)35-27-5-4-6-29(36)32(26)27)23-8-10-25(11-9-23)40-15-13-22-7-12-30-24(17-22)14-16-41-30/h4-12,17-18,20,31,35H,13-16,19H2,1-3H3. The van der Waals surface area contributed by atoms with Crippen molar-refractivity contribution in [2.24, 2.45) is 0 Å². The number of fused-ring (bicyclic) bond motifs is 1. The van der Waals surface area contributed by atoms with Crippen molar-refractivity contribution in [1.82, 2.24) is 9.47 Å². The molecule has 0 aliphatic carbocycles. The lowest BCUT2D eigenvalue weighted by Crippen LogP contribution is -2.33. The first-order valence-electron chi connectivity index (χ1n) is 14.3. The van der Waals surface area contributed by atoms with Crippen LogP contribution in [0.1, 0.15) is 55.0 Å². The fourth-order valence-corrected chi connectivity index (χ4v) is 6.44. The van der Waals surface area contributed by atoms with Gasteiger partial charge in [-0.05, 0) is 66.4 Å². The largest absolute Gasteiger partial charge is 0.493 e. The van der Waals surface area contributed by atoms with Crippen LogP contribution in [0.3, 0.4) is 0 Å². The van der Waals surface area contributed by atoms with Crippen LogP contribution < -0.4 is 14.8 Å². The summed E-state index contributed by atoms with van der Waals surface area (Å²) in [6.45, 7) is 7.35. The first-order valence-corrected chi connectivity index (χ1v) is 14.3. The molecule has 3 aliphatic rings. The van der Waals surface area contributed by atoms with E-state index < -0.39 is 0 Å². The lowest BCUT2D eigenvalue weighted by molar-refractivity contribution is -0.139. The van der Waals surface area contributed by atoms with Crippen LogP contribution in [0, 0.1) is 0 Å². The highest BCUT2D eigenvalue weighted by molar-refractivity contribution is 6.11.